The van der Waals surface area contributed by atoms with Crippen molar-refractivity contribution in [3.05, 3.63) is 5.82 Å². The second-order valence-corrected chi connectivity index (χ2v) is 4.94. The number of aromatic nitrogens is 3. The number of unbranched alkanes of at least 4 members (excludes halogenated alkanes) is 3. The molecule has 4 nitrogen and oxygen atoms in total. The van der Waals surface area contributed by atoms with Crippen molar-refractivity contribution in [3.8, 4) is 0 Å². The van der Waals surface area contributed by atoms with E-state index in [1.165, 1.54) is 25.7 Å². The Morgan fingerprint density at radius 3 is 2.75 bits per heavy atom. The van der Waals surface area contributed by atoms with Crippen LogP contribution in [0.1, 0.15) is 38.4 Å². The zero-order chi connectivity index (χ0) is 11.8. The van der Waals surface area contributed by atoms with Gasteiger partial charge >= 0.3 is 0 Å². The van der Waals surface area contributed by atoms with Gasteiger partial charge in [0.05, 0.1) is 0 Å². The van der Waals surface area contributed by atoms with Gasteiger partial charge in [-0.25, -0.2) is 0 Å². The molecule has 16 heavy (non-hydrogen) atoms. The predicted molar refractivity (Wildman–Crippen MR) is 68.7 cm³/mol. The minimum absolute atomic E-state index is 0.641. The topological polar surface area (TPSA) is 56.7 Å². The molecule has 5 heteroatoms. The molecule has 1 aromatic rings. The van der Waals surface area contributed by atoms with Gasteiger partial charge in [0.15, 0.2) is 5.16 Å². The SMILES string of the molecule is CCCCCCSc1nnc(C)n1CCN. The summed E-state index contributed by atoms with van der Waals surface area (Å²) in [5, 5.41) is 9.27. The molecule has 0 amide bonds. The Balaban J connectivity index is 2.35. The van der Waals surface area contributed by atoms with Crippen molar-refractivity contribution in [2.24, 2.45) is 5.73 Å². The van der Waals surface area contributed by atoms with Gasteiger partial charge in [-0.2, -0.15) is 0 Å². The van der Waals surface area contributed by atoms with Gasteiger partial charge in [-0.3, -0.25) is 0 Å². The van der Waals surface area contributed by atoms with Crippen LogP contribution in [0.4, 0.5) is 0 Å². The monoisotopic (exact) mass is 242 g/mol. The van der Waals surface area contributed by atoms with Gasteiger partial charge in [0.2, 0.25) is 0 Å². The summed E-state index contributed by atoms with van der Waals surface area (Å²) >= 11 is 1.79. The van der Waals surface area contributed by atoms with Crippen LogP contribution in [0, 0.1) is 6.92 Å². The molecule has 1 aromatic heterocycles. The minimum atomic E-state index is 0.641. The third-order valence-electron chi connectivity index (χ3n) is 2.48. The summed E-state index contributed by atoms with van der Waals surface area (Å²) in [6.45, 7) is 5.66. The molecule has 1 heterocycles. The Morgan fingerprint density at radius 2 is 2.06 bits per heavy atom. The van der Waals surface area contributed by atoms with Crippen LogP contribution in [-0.2, 0) is 6.54 Å². The molecule has 2 N–H and O–H groups in total. The number of hydrogen-bond donors (Lipinski definition) is 1. The van der Waals surface area contributed by atoms with E-state index in [2.05, 4.69) is 21.7 Å². The average molecular weight is 242 g/mol. The van der Waals surface area contributed by atoms with Crippen molar-refractivity contribution in [3.63, 3.8) is 0 Å². The zero-order valence-electron chi connectivity index (χ0n) is 10.3. The highest BCUT2D eigenvalue weighted by Crippen LogP contribution is 2.18. The van der Waals surface area contributed by atoms with E-state index in [0.717, 1.165) is 23.3 Å². The van der Waals surface area contributed by atoms with Crippen molar-refractivity contribution in [1.29, 1.82) is 0 Å². The Kier molecular flexibility index (Phi) is 6.49. The Bertz CT molecular complexity index is 298. The molecule has 0 aromatic carbocycles. The lowest BCUT2D eigenvalue weighted by atomic mass is 10.2. The molecule has 0 aliphatic heterocycles. The Hall–Kier alpha value is -0.550. The maximum atomic E-state index is 5.57. The molecule has 92 valence electrons. The highest BCUT2D eigenvalue weighted by atomic mass is 32.2. The first-order valence-electron chi connectivity index (χ1n) is 6.02. The van der Waals surface area contributed by atoms with E-state index in [1.807, 2.05) is 6.92 Å². The highest BCUT2D eigenvalue weighted by Gasteiger charge is 2.07. The molecule has 0 bridgehead atoms. The van der Waals surface area contributed by atoms with Gasteiger partial charge in [-0.1, -0.05) is 37.9 Å². The van der Waals surface area contributed by atoms with E-state index in [-0.39, 0.29) is 0 Å². The molecular formula is C11H22N4S. The second-order valence-electron chi connectivity index (χ2n) is 3.88. The first kappa shape index (κ1) is 13.5. The Morgan fingerprint density at radius 1 is 1.25 bits per heavy atom. The normalized spacial score (nSPS) is 10.9. The molecule has 0 fully saturated rings. The summed E-state index contributed by atoms with van der Waals surface area (Å²) in [5.41, 5.74) is 5.57. The van der Waals surface area contributed by atoms with E-state index in [9.17, 15) is 0 Å². The fraction of sp³-hybridized carbons (Fsp3) is 0.818. The van der Waals surface area contributed by atoms with Gasteiger partial charge in [0.25, 0.3) is 0 Å². The molecule has 0 saturated heterocycles. The molecule has 0 aliphatic rings. The molecule has 0 unspecified atom stereocenters. The third kappa shape index (κ3) is 4.14. The second kappa shape index (κ2) is 7.68. The summed E-state index contributed by atoms with van der Waals surface area (Å²) < 4.78 is 2.10. The lowest BCUT2D eigenvalue weighted by Crippen LogP contribution is -2.12. The zero-order valence-corrected chi connectivity index (χ0v) is 11.1. The van der Waals surface area contributed by atoms with E-state index < -0.39 is 0 Å². The van der Waals surface area contributed by atoms with Crippen LogP contribution in [0.5, 0.6) is 0 Å². The fourth-order valence-corrected chi connectivity index (χ4v) is 2.56. The predicted octanol–water partition coefficient (Wildman–Crippen LogP) is 2.22. The van der Waals surface area contributed by atoms with Crippen LogP contribution >= 0.6 is 11.8 Å². The largest absolute Gasteiger partial charge is 0.329 e. The average Bonchev–Trinajstić information content (AvgIpc) is 2.62. The quantitative estimate of drug-likeness (QED) is 0.561. The first-order chi connectivity index (χ1) is 7.79. The molecule has 0 aliphatic carbocycles. The first-order valence-corrected chi connectivity index (χ1v) is 7.00. The third-order valence-corrected chi connectivity index (χ3v) is 3.54. The summed E-state index contributed by atoms with van der Waals surface area (Å²) in [7, 11) is 0. The molecule has 0 atom stereocenters. The van der Waals surface area contributed by atoms with E-state index in [1.54, 1.807) is 11.8 Å². The van der Waals surface area contributed by atoms with Crippen molar-refractivity contribution in [2.75, 3.05) is 12.3 Å². The summed E-state index contributed by atoms with van der Waals surface area (Å²) in [6, 6.07) is 0. The number of rotatable bonds is 8. The van der Waals surface area contributed by atoms with E-state index in [0.29, 0.717) is 6.54 Å². The maximum Gasteiger partial charge on any atom is 0.191 e. The summed E-state index contributed by atoms with van der Waals surface area (Å²) in [6.07, 6.45) is 5.18. The van der Waals surface area contributed by atoms with Gasteiger partial charge in [0.1, 0.15) is 5.82 Å². The molecule has 0 spiro atoms. The number of hydrogen-bond acceptors (Lipinski definition) is 4. The standard InChI is InChI=1S/C11H22N4S/c1-3-4-5-6-9-16-11-14-13-10(2)15(11)8-7-12/h3-9,12H2,1-2H3. The lowest BCUT2D eigenvalue weighted by molar-refractivity contribution is 0.626. The van der Waals surface area contributed by atoms with E-state index >= 15 is 0 Å². The van der Waals surface area contributed by atoms with Crippen LogP contribution < -0.4 is 5.73 Å². The van der Waals surface area contributed by atoms with Crippen LogP contribution in [0.25, 0.3) is 0 Å². The number of nitrogens with zero attached hydrogens (tertiary/aromatic N) is 3. The number of thioether (sulfide) groups is 1. The fourth-order valence-electron chi connectivity index (χ4n) is 1.55. The molecule has 0 saturated carbocycles. The van der Waals surface area contributed by atoms with Gasteiger partial charge in [0, 0.05) is 18.8 Å². The van der Waals surface area contributed by atoms with Crippen LogP contribution in [0.3, 0.4) is 0 Å². The summed E-state index contributed by atoms with van der Waals surface area (Å²) in [5.74, 6) is 2.09. The Labute approximate surface area is 102 Å². The minimum Gasteiger partial charge on any atom is -0.329 e. The number of aryl methyl sites for hydroxylation is 1. The maximum absolute atomic E-state index is 5.57. The number of nitrogens with two attached hydrogens (primary N) is 1. The molecule has 1 rings (SSSR count). The molecule has 0 radical (unpaired) electrons. The smallest absolute Gasteiger partial charge is 0.191 e. The van der Waals surface area contributed by atoms with Gasteiger partial charge < -0.3 is 10.3 Å². The molecular weight excluding hydrogens is 220 g/mol. The van der Waals surface area contributed by atoms with E-state index in [4.69, 9.17) is 5.73 Å². The van der Waals surface area contributed by atoms with Gasteiger partial charge in [-0.15, -0.1) is 10.2 Å². The van der Waals surface area contributed by atoms with Crippen LogP contribution in [-0.4, -0.2) is 27.1 Å². The van der Waals surface area contributed by atoms with Crippen molar-refractivity contribution < 1.29 is 0 Å². The van der Waals surface area contributed by atoms with Crippen molar-refractivity contribution in [2.45, 2.75) is 51.2 Å². The van der Waals surface area contributed by atoms with Gasteiger partial charge in [-0.05, 0) is 13.3 Å². The van der Waals surface area contributed by atoms with Crippen molar-refractivity contribution in [1.82, 2.24) is 14.8 Å². The highest BCUT2D eigenvalue weighted by molar-refractivity contribution is 7.99. The van der Waals surface area contributed by atoms with Crippen LogP contribution in [0.2, 0.25) is 0 Å². The summed E-state index contributed by atoms with van der Waals surface area (Å²) in [4.78, 5) is 0. The van der Waals surface area contributed by atoms with Crippen LogP contribution in [0.15, 0.2) is 5.16 Å². The lowest BCUT2D eigenvalue weighted by Gasteiger charge is -2.05. The van der Waals surface area contributed by atoms with Crippen molar-refractivity contribution >= 4 is 11.8 Å².